The van der Waals surface area contributed by atoms with Gasteiger partial charge in [0.1, 0.15) is 13.2 Å². The number of carbonyl (C=O) groups is 1. The molecule has 2 saturated heterocycles. The Morgan fingerprint density at radius 1 is 0.938 bits per heavy atom. The third-order valence-electron chi connectivity index (χ3n) is 3.17. The summed E-state index contributed by atoms with van der Waals surface area (Å²) in [6.45, 7) is -4.30. The number of carboxylic acids is 1. The van der Waals surface area contributed by atoms with Crippen LogP contribution in [-0.2, 0) is 29.6 Å². The first-order valence-electron chi connectivity index (χ1n) is 7.60. The van der Waals surface area contributed by atoms with Crippen molar-refractivity contribution in [2.75, 3.05) is 31.5 Å². The van der Waals surface area contributed by atoms with Crippen LogP contribution < -0.4 is 4.13 Å². The lowest BCUT2D eigenvalue weighted by Crippen LogP contribution is -2.60. The molecule has 32 heavy (non-hydrogen) atoms. The summed E-state index contributed by atoms with van der Waals surface area (Å²) in [4.78, 5) is 8.38. The minimum Gasteiger partial charge on any atom is -0.477 e. The summed E-state index contributed by atoms with van der Waals surface area (Å²) >= 11 is 0. The van der Waals surface area contributed by atoms with Gasteiger partial charge in [0.2, 0.25) is 20.0 Å². The minimum atomic E-state index is -6.02. The van der Waals surface area contributed by atoms with E-state index in [4.69, 9.17) is 5.11 Å². The van der Waals surface area contributed by atoms with Crippen LogP contribution in [0.5, 0.6) is 0 Å². The molecule has 0 aliphatic carbocycles. The second-order valence-corrected chi connectivity index (χ2v) is 9.77. The number of alkyl halides is 10. The molecule has 0 aromatic rings. The lowest BCUT2D eigenvalue weighted by molar-refractivity contribution is -0.349. The molecule has 0 spiro atoms. The van der Waals surface area contributed by atoms with E-state index in [9.17, 15) is 65.5 Å². The van der Waals surface area contributed by atoms with Crippen LogP contribution in [0, 0.1) is 0 Å². The van der Waals surface area contributed by atoms with Gasteiger partial charge in [-0.1, -0.05) is 0 Å². The highest BCUT2D eigenvalue weighted by atomic mass is 32.3. The minimum absolute atomic E-state index is 0.0910. The SMILES string of the molecule is FCN1C(F)(F)COCC1(F)F.O=C(O)C(F)(F)C(F)(F)F.O=S1(=O)CCCS(=O)(=O)N1. The molecule has 0 saturated carbocycles. The fourth-order valence-electron chi connectivity index (χ4n) is 1.70. The summed E-state index contributed by atoms with van der Waals surface area (Å²) in [6, 6.07) is -7.87. The molecule has 192 valence electrons. The average molecular weight is 540 g/mol. The predicted molar refractivity (Wildman–Crippen MR) is 82.5 cm³/mol. The van der Waals surface area contributed by atoms with Crippen LogP contribution in [0.3, 0.4) is 0 Å². The van der Waals surface area contributed by atoms with Gasteiger partial charge in [0, 0.05) is 0 Å². The van der Waals surface area contributed by atoms with Crippen LogP contribution in [0.2, 0.25) is 0 Å². The van der Waals surface area contributed by atoms with Gasteiger partial charge in [-0.2, -0.15) is 44.4 Å². The number of hydrogen-bond donors (Lipinski definition) is 2. The number of carboxylic acid groups (broad SMARTS) is 1. The van der Waals surface area contributed by atoms with E-state index in [1.165, 1.54) is 0 Å². The largest absolute Gasteiger partial charge is 0.477 e. The molecule has 9 nitrogen and oxygen atoms in total. The van der Waals surface area contributed by atoms with Crippen molar-refractivity contribution in [3.63, 3.8) is 0 Å². The Hall–Kier alpha value is -1.45. The van der Waals surface area contributed by atoms with E-state index in [0.717, 1.165) is 0 Å². The lowest BCUT2D eigenvalue weighted by atomic mass is 10.3. The number of sulfonamides is 2. The maximum atomic E-state index is 12.4. The van der Waals surface area contributed by atoms with Gasteiger partial charge < -0.3 is 9.84 Å². The zero-order valence-electron chi connectivity index (χ0n) is 15.2. The van der Waals surface area contributed by atoms with Gasteiger partial charge in [0.05, 0.1) is 11.5 Å². The van der Waals surface area contributed by atoms with Crippen molar-refractivity contribution in [1.82, 2.24) is 9.03 Å². The summed E-state index contributed by atoms with van der Waals surface area (Å²) in [6.07, 6.45) is -5.82. The highest BCUT2D eigenvalue weighted by molar-refractivity contribution is 8.05. The Morgan fingerprint density at radius 3 is 1.47 bits per heavy atom. The van der Waals surface area contributed by atoms with Gasteiger partial charge in [-0.3, -0.25) is 0 Å². The van der Waals surface area contributed by atoms with Gasteiger partial charge >= 0.3 is 30.2 Å². The molecular weight excluding hydrogens is 526 g/mol. The normalized spacial score (nSPS) is 24.2. The van der Waals surface area contributed by atoms with Crippen molar-refractivity contribution in [3.05, 3.63) is 0 Å². The number of nitrogens with zero attached hydrogens (tertiary/aromatic N) is 1. The number of ether oxygens (including phenoxy) is 1. The molecule has 0 radical (unpaired) electrons. The van der Waals surface area contributed by atoms with Crippen LogP contribution in [0.25, 0.3) is 0 Å². The van der Waals surface area contributed by atoms with Gasteiger partial charge in [-0.25, -0.2) is 26.0 Å². The Morgan fingerprint density at radius 2 is 1.31 bits per heavy atom. The van der Waals surface area contributed by atoms with Gasteiger partial charge in [-0.15, -0.1) is 4.13 Å². The molecule has 0 bridgehead atoms. The zero-order chi connectivity index (χ0) is 25.8. The highest BCUT2D eigenvalue weighted by Gasteiger charge is 2.64. The van der Waals surface area contributed by atoms with E-state index in [0.29, 0.717) is 0 Å². The highest BCUT2D eigenvalue weighted by Crippen LogP contribution is 2.36. The molecular formula is C11H14F10N2O7S2. The van der Waals surface area contributed by atoms with E-state index >= 15 is 0 Å². The molecule has 0 aromatic carbocycles. The summed E-state index contributed by atoms with van der Waals surface area (Å²) in [7, 11) is -7.06. The van der Waals surface area contributed by atoms with Crippen LogP contribution in [0.15, 0.2) is 0 Å². The smallest absolute Gasteiger partial charge is 0.465 e. The second kappa shape index (κ2) is 10.2. The number of halogens is 10. The third-order valence-corrected chi connectivity index (χ3v) is 6.85. The standard InChI is InChI=1S/C5H6F5NO.C3HF5O2.C3H7NO4S2/c6-3-11-4(7,8)1-12-2-5(11,9)10;4-2(5,1(9)10)3(6,7)8;5-9(6)2-1-3-10(7,8)4-9/h1-3H2;(H,9,10);4H,1-3H2. The Balaban J connectivity index is 0.000000454. The van der Waals surface area contributed by atoms with E-state index < -0.39 is 75.1 Å². The molecule has 2 heterocycles. The van der Waals surface area contributed by atoms with Crippen LogP contribution in [-0.4, -0.2) is 88.5 Å². The first-order chi connectivity index (χ1) is 14.0. The zero-order valence-corrected chi connectivity index (χ0v) is 16.8. The van der Waals surface area contributed by atoms with Crippen molar-refractivity contribution in [2.24, 2.45) is 0 Å². The van der Waals surface area contributed by atoms with Crippen LogP contribution >= 0.6 is 0 Å². The second-order valence-electron chi connectivity index (χ2n) is 5.82. The van der Waals surface area contributed by atoms with Gasteiger partial charge in [0.25, 0.3) is 0 Å². The first-order valence-corrected chi connectivity index (χ1v) is 10.9. The summed E-state index contributed by atoms with van der Waals surface area (Å²) in [5, 5.41) is 7.31. The fourth-order valence-corrected chi connectivity index (χ4v) is 5.15. The van der Waals surface area contributed by atoms with Crippen LogP contribution in [0.4, 0.5) is 43.9 Å². The van der Waals surface area contributed by atoms with Crippen molar-refractivity contribution in [2.45, 2.75) is 30.6 Å². The quantitative estimate of drug-likeness (QED) is 0.397. The number of rotatable bonds is 2. The Bertz CT molecular complexity index is 813. The van der Waals surface area contributed by atoms with E-state index in [1.54, 1.807) is 4.13 Å². The number of hydrogen-bond acceptors (Lipinski definition) is 7. The number of aliphatic carboxylic acids is 1. The fraction of sp³-hybridized carbons (Fsp3) is 0.909. The molecule has 0 unspecified atom stereocenters. The summed E-state index contributed by atoms with van der Waals surface area (Å²) in [5.74, 6) is -9.02. The lowest BCUT2D eigenvalue weighted by Gasteiger charge is -2.38. The molecule has 0 aromatic heterocycles. The monoisotopic (exact) mass is 540 g/mol. The third kappa shape index (κ3) is 8.83. The number of morpholine rings is 1. The van der Waals surface area contributed by atoms with Crippen LogP contribution in [0.1, 0.15) is 6.42 Å². The van der Waals surface area contributed by atoms with Crippen molar-refractivity contribution < 1.29 is 75.4 Å². The molecule has 2 rings (SSSR count). The van der Waals surface area contributed by atoms with Gasteiger partial charge in [-0.05, 0) is 6.42 Å². The first kappa shape index (κ1) is 30.6. The Labute approximate surface area is 173 Å². The molecule has 0 atom stereocenters. The molecule has 21 heteroatoms. The van der Waals surface area contributed by atoms with Crippen molar-refractivity contribution in [1.29, 1.82) is 0 Å². The van der Waals surface area contributed by atoms with Crippen molar-refractivity contribution in [3.8, 4) is 0 Å². The van der Waals surface area contributed by atoms with E-state index in [1.807, 2.05) is 0 Å². The molecule has 2 aliphatic rings. The average Bonchev–Trinajstić information content (AvgIpc) is 2.51. The molecule has 2 aliphatic heterocycles. The van der Waals surface area contributed by atoms with E-state index in [2.05, 4.69) is 4.74 Å². The van der Waals surface area contributed by atoms with E-state index in [-0.39, 0.29) is 17.9 Å². The summed E-state index contributed by atoms with van der Waals surface area (Å²) < 4.78 is 165. The number of nitrogens with one attached hydrogen (secondary N) is 1. The van der Waals surface area contributed by atoms with Crippen molar-refractivity contribution >= 4 is 26.0 Å². The maximum Gasteiger partial charge on any atom is 0.465 e. The van der Waals surface area contributed by atoms with Gasteiger partial charge in [0.15, 0.2) is 6.80 Å². The summed E-state index contributed by atoms with van der Waals surface area (Å²) in [5.41, 5.74) is 0. The molecule has 0 amide bonds. The molecule has 2 N–H and O–H groups in total. The maximum absolute atomic E-state index is 12.4. The topological polar surface area (TPSA) is 130 Å². The Kier molecular flexibility index (Phi) is 9.76. The molecule has 2 fully saturated rings. The predicted octanol–water partition coefficient (Wildman–Crippen LogP) is 1.34.